The molecule has 180 valence electrons. The Hall–Kier alpha value is -4.11. The van der Waals surface area contributed by atoms with Gasteiger partial charge in [0, 0.05) is 12.1 Å². The van der Waals surface area contributed by atoms with Crippen molar-refractivity contribution in [1.29, 1.82) is 0 Å². The summed E-state index contributed by atoms with van der Waals surface area (Å²) in [6.45, 7) is 0.0499. The van der Waals surface area contributed by atoms with E-state index in [0.29, 0.717) is 23.1 Å². The van der Waals surface area contributed by atoms with E-state index in [1.54, 1.807) is 37.6 Å². The molecule has 4 rings (SSSR count). The highest BCUT2D eigenvalue weighted by atomic mass is 16.5. The zero-order valence-corrected chi connectivity index (χ0v) is 19.2. The third-order valence-corrected chi connectivity index (χ3v) is 6.01. The van der Waals surface area contributed by atoms with Crippen molar-refractivity contribution in [3.63, 3.8) is 0 Å². The summed E-state index contributed by atoms with van der Waals surface area (Å²) in [6, 6.07) is 18.3. The van der Waals surface area contributed by atoms with E-state index in [1.807, 2.05) is 36.4 Å². The number of rotatable bonds is 10. The number of ether oxygens (including phenoxy) is 1. The van der Waals surface area contributed by atoms with E-state index in [4.69, 9.17) is 4.74 Å². The molecule has 0 fully saturated rings. The predicted octanol–water partition coefficient (Wildman–Crippen LogP) is 2.95. The molecule has 0 unspecified atom stereocenters. The van der Waals surface area contributed by atoms with Crippen LogP contribution in [0.5, 0.6) is 5.75 Å². The quantitative estimate of drug-likeness (QED) is 0.359. The van der Waals surface area contributed by atoms with Crippen LogP contribution in [0, 0.1) is 5.92 Å². The van der Waals surface area contributed by atoms with Crippen LogP contribution in [0.4, 0.5) is 0 Å². The van der Waals surface area contributed by atoms with Crippen LogP contribution in [0.25, 0.3) is 22.2 Å². The van der Waals surface area contributed by atoms with Gasteiger partial charge in [-0.3, -0.25) is 14.6 Å². The minimum Gasteiger partial charge on any atom is -0.495 e. The average molecular weight is 475 g/mol. The van der Waals surface area contributed by atoms with Crippen LogP contribution in [-0.4, -0.2) is 49.4 Å². The standard InChI is InChI=1S/C26H26N4O5/c1-35-19-11-12-22(27-16-19)18-9-6-17(7-10-18)8-13-24(31)21(26(33)34)14-15-30-25(32)20-4-2-3-5-23(20)28-29-30/h2-7,9-12,16,21,24,31H,8,13-15H2,1H3,(H,33,34)/t21-,24+/m0/s1. The first-order valence-corrected chi connectivity index (χ1v) is 11.3. The summed E-state index contributed by atoms with van der Waals surface area (Å²) in [7, 11) is 1.59. The second-order valence-corrected chi connectivity index (χ2v) is 8.25. The van der Waals surface area contributed by atoms with Gasteiger partial charge in [-0.05, 0) is 49.1 Å². The van der Waals surface area contributed by atoms with E-state index in [-0.39, 0.29) is 24.9 Å². The van der Waals surface area contributed by atoms with Crippen LogP contribution in [0.3, 0.4) is 0 Å². The van der Waals surface area contributed by atoms with Crippen molar-refractivity contribution >= 4 is 16.9 Å². The van der Waals surface area contributed by atoms with Crippen LogP contribution in [0.2, 0.25) is 0 Å². The number of carbonyl (C=O) groups is 1. The number of carboxylic acid groups (broad SMARTS) is 1. The predicted molar refractivity (Wildman–Crippen MR) is 130 cm³/mol. The van der Waals surface area contributed by atoms with Gasteiger partial charge in [-0.2, -0.15) is 0 Å². The fraction of sp³-hybridized carbons (Fsp3) is 0.269. The van der Waals surface area contributed by atoms with E-state index in [2.05, 4.69) is 15.3 Å². The summed E-state index contributed by atoms with van der Waals surface area (Å²) in [5.74, 6) is -1.46. The largest absolute Gasteiger partial charge is 0.495 e. The summed E-state index contributed by atoms with van der Waals surface area (Å²) < 4.78 is 6.28. The van der Waals surface area contributed by atoms with Crippen molar-refractivity contribution in [2.24, 2.45) is 5.92 Å². The van der Waals surface area contributed by atoms with Gasteiger partial charge in [0.05, 0.1) is 36.4 Å². The lowest BCUT2D eigenvalue weighted by atomic mass is 9.93. The smallest absolute Gasteiger partial charge is 0.309 e. The number of methoxy groups -OCH3 is 1. The number of nitrogens with zero attached hydrogens (tertiary/aromatic N) is 4. The number of aromatic nitrogens is 4. The Kier molecular flexibility index (Phi) is 7.47. The number of aliphatic hydroxyl groups excluding tert-OH is 1. The van der Waals surface area contributed by atoms with Crippen molar-refractivity contribution in [2.45, 2.75) is 31.9 Å². The Bertz CT molecular complexity index is 1350. The number of pyridine rings is 1. The third-order valence-electron chi connectivity index (χ3n) is 6.01. The van der Waals surface area contributed by atoms with Gasteiger partial charge in [-0.1, -0.05) is 41.6 Å². The molecule has 0 aliphatic carbocycles. The lowest BCUT2D eigenvalue weighted by Crippen LogP contribution is -2.32. The zero-order valence-electron chi connectivity index (χ0n) is 19.2. The maximum absolute atomic E-state index is 12.6. The van der Waals surface area contributed by atoms with E-state index in [0.717, 1.165) is 21.5 Å². The SMILES string of the molecule is COc1ccc(-c2ccc(CC[C@@H](O)[C@H](CCn3nnc4ccccc4c3=O)C(=O)O)cc2)nc1. The number of aryl methyl sites for hydroxylation is 2. The van der Waals surface area contributed by atoms with Crippen LogP contribution < -0.4 is 10.3 Å². The Morgan fingerprint density at radius 1 is 1.06 bits per heavy atom. The monoisotopic (exact) mass is 474 g/mol. The van der Waals surface area contributed by atoms with Crippen LogP contribution in [-0.2, 0) is 17.8 Å². The molecule has 0 aliphatic heterocycles. The lowest BCUT2D eigenvalue weighted by Gasteiger charge is -2.19. The van der Waals surface area contributed by atoms with E-state index in [9.17, 15) is 19.8 Å². The molecule has 0 saturated heterocycles. The molecule has 2 aromatic heterocycles. The number of benzene rings is 2. The number of aliphatic carboxylic acids is 1. The molecule has 0 radical (unpaired) electrons. The molecule has 9 nitrogen and oxygen atoms in total. The first kappa shape index (κ1) is 24.0. The van der Waals surface area contributed by atoms with Crippen molar-refractivity contribution in [2.75, 3.05) is 7.11 Å². The summed E-state index contributed by atoms with van der Waals surface area (Å²) in [5.41, 5.74) is 2.89. The molecule has 0 bridgehead atoms. The average Bonchev–Trinajstić information content (AvgIpc) is 2.89. The summed E-state index contributed by atoms with van der Waals surface area (Å²) in [4.78, 5) is 28.8. The molecule has 0 spiro atoms. The molecule has 2 N–H and O–H groups in total. The number of fused-ring (bicyclic) bond motifs is 1. The van der Waals surface area contributed by atoms with E-state index in [1.165, 1.54) is 0 Å². The van der Waals surface area contributed by atoms with Crippen LogP contribution >= 0.6 is 0 Å². The zero-order chi connectivity index (χ0) is 24.8. The fourth-order valence-corrected chi connectivity index (χ4v) is 3.94. The summed E-state index contributed by atoms with van der Waals surface area (Å²) in [6.07, 6.45) is 1.43. The molecule has 9 heteroatoms. The van der Waals surface area contributed by atoms with Gasteiger partial charge in [0.1, 0.15) is 11.3 Å². The molecule has 2 aromatic carbocycles. The minimum atomic E-state index is -1.11. The molecular formula is C26H26N4O5. The fourth-order valence-electron chi connectivity index (χ4n) is 3.94. The Morgan fingerprint density at radius 2 is 1.83 bits per heavy atom. The van der Waals surface area contributed by atoms with Crippen molar-refractivity contribution in [1.82, 2.24) is 20.0 Å². The Balaban J connectivity index is 1.36. The first-order chi connectivity index (χ1) is 17.0. The Morgan fingerprint density at radius 3 is 2.51 bits per heavy atom. The number of hydrogen-bond acceptors (Lipinski definition) is 7. The molecule has 0 saturated carbocycles. The van der Waals surface area contributed by atoms with Crippen molar-refractivity contribution in [3.8, 4) is 17.0 Å². The van der Waals surface area contributed by atoms with Crippen LogP contribution in [0.1, 0.15) is 18.4 Å². The molecule has 0 aliphatic rings. The normalized spacial score (nSPS) is 12.9. The van der Waals surface area contributed by atoms with Crippen LogP contribution in [0.15, 0.2) is 71.7 Å². The van der Waals surface area contributed by atoms with Crippen molar-refractivity contribution < 1.29 is 19.7 Å². The van der Waals surface area contributed by atoms with Gasteiger partial charge < -0.3 is 14.9 Å². The molecule has 0 amide bonds. The van der Waals surface area contributed by atoms with Gasteiger partial charge in [0.2, 0.25) is 0 Å². The Labute approximate surface area is 201 Å². The maximum atomic E-state index is 12.6. The van der Waals surface area contributed by atoms with E-state index < -0.39 is 18.0 Å². The third kappa shape index (κ3) is 5.70. The number of aliphatic hydroxyl groups is 1. The van der Waals surface area contributed by atoms with Gasteiger partial charge in [0.25, 0.3) is 5.56 Å². The summed E-state index contributed by atoms with van der Waals surface area (Å²) in [5, 5.41) is 28.6. The number of hydrogen-bond donors (Lipinski definition) is 2. The minimum absolute atomic E-state index is 0.0499. The highest BCUT2D eigenvalue weighted by Gasteiger charge is 2.26. The van der Waals surface area contributed by atoms with Crippen molar-refractivity contribution in [3.05, 3.63) is 82.8 Å². The van der Waals surface area contributed by atoms with Gasteiger partial charge in [0.15, 0.2) is 0 Å². The first-order valence-electron chi connectivity index (χ1n) is 11.3. The molecule has 2 heterocycles. The van der Waals surface area contributed by atoms with Gasteiger partial charge >= 0.3 is 5.97 Å². The molecule has 35 heavy (non-hydrogen) atoms. The molecule has 4 aromatic rings. The molecule has 2 atom stereocenters. The second-order valence-electron chi connectivity index (χ2n) is 8.25. The topological polar surface area (TPSA) is 127 Å². The highest BCUT2D eigenvalue weighted by Crippen LogP contribution is 2.22. The maximum Gasteiger partial charge on any atom is 0.309 e. The van der Waals surface area contributed by atoms with Gasteiger partial charge in [-0.25, -0.2) is 4.68 Å². The second kappa shape index (κ2) is 10.9. The highest BCUT2D eigenvalue weighted by molar-refractivity contribution is 5.76. The summed E-state index contributed by atoms with van der Waals surface area (Å²) >= 11 is 0. The number of carboxylic acids is 1. The van der Waals surface area contributed by atoms with E-state index >= 15 is 0 Å². The lowest BCUT2D eigenvalue weighted by molar-refractivity contribution is -0.146. The molecular weight excluding hydrogens is 448 g/mol. The van der Waals surface area contributed by atoms with Gasteiger partial charge in [-0.15, -0.1) is 5.10 Å².